The van der Waals surface area contributed by atoms with Crippen molar-refractivity contribution in [3.63, 3.8) is 0 Å². The lowest BCUT2D eigenvalue weighted by molar-refractivity contribution is 0.457. The van der Waals surface area contributed by atoms with Gasteiger partial charge in [-0.1, -0.05) is 109 Å². The summed E-state index contributed by atoms with van der Waals surface area (Å²) in [6.07, 6.45) is 10.2. The molecule has 1 heteroatoms. The first-order chi connectivity index (χ1) is 17.7. The second kappa shape index (κ2) is 8.60. The fraction of sp³-hybridized carbons (Fsp3) is 0.0857. The van der Waals surface area contributed by atoms with Gasteiger partial charge in [-0.25, -0.2) is 0 Å². The van der Waals surface area contributed by atoms with Crippen LogP contribution in [0.5, 0.6) is 0 Å². The van der Waals surface area contributed by atoms with Crippen LogP contribution in [0.3, 0.4) is 0 Å². The van der Waals surface area contributed by atoms with E-state index < -0.39 is 0 Å². The fourth-order valence-electron chi connectivity index (χ4n) is 6.42. The fourth-order valence-corrected chi connectivity index (χ4v) is 6.93. The first kappa shape index (κ1) is 21.8. The molecule has 0 aliphatic heterocycles. The highest BCUT2D eigenvalue weighted by Gasteiger charge is 2.49. The van der Waals surface area contributed by atoms with Crippen LogP contribution < -0.4 is 0 Å². The minimum Gasteiger partial charge on any atom is -0.0839 e. The van der Waals surface area contributed by atoms with Crippen LogP contribution in [0.4, 0.5) is 0 Å². The molecule has 0 spiro atoms. The molecule has 5 aromatic carbocycles. The summed E-state index contributed by atoms with van der Waals surface area (Å²) in [5.74, 6) is 0.348. The predicted octanol–water partition coefficient (Wildman–Crippen LogP) is 9.56. The van der Waals surface area contributed by atoms with Gasteiger partial charge in [0, 0.05) is 3.57 Å². The van der Waals surface area contributed by atoms with Crippen molar-refractivity contribution >= 4 is 33.4 Å². The summed E-state index contributed by atoms with van der Waals surface area (Å²) in [6.45, 7) is 0. The number of hydrogen-bond donors (Lipinski definition) is 0. The van der Waals surface area contributed by atoms with E-state index in [1.807, 2.05) is 0 Å². The van der Waals surface area contributed by atoms with E-state index in [0.717, 1.165) is 6.42 Å². The van der Waals surface area contributed by atoms with Crippen LogP contribution in [0.2, 0.25) is 0 Å². The molecule has 7 rings (SSSR count). The van der Waals surface area contributed by atoms with Crippen LogP contribution >= 0.6 is 22.6 Å². The molecule has 2 aliphatic rings. The van der Waals surface area contributed by atoms with Crippen molar-refractivity contribution in [2.24, 2.45) is 5.92 Å². The molecule has 0 aromatic heterocycles. The van der Waals surface area contributed by atoms with Gasteiger partial charge in [0.15, 0.2) is 0 Å². The smallest absolute Gasteiger partial charge is 0.0529 e. The quantitative estimate of drug-likeness (QED) is 0.189. The van der Waals surface area contributed by atoms with Gasteiger partial charge in [-0.2, -0.15) is 0 Å². The summed E-state index contributed by atoms with van der Waals surface area (Å²) in [7, 11) is 0. The van der Waals surface area contributed by atoms with Crippen LogP contribution in [0.25, 0.3) is 33.0 Å². The van der Waals surface area contributed by atoms with Crippen molar-refractivity contribution in [2.75, 3.05) is 0 Å². The van der Waals surface area contributed by atoms with Gasteiger partial charge in [0.1, 0.15) is 0 Å². The highest BCUT2D eigenvalue weighted by molar-refractivity contribution is 14.1. The maximum Gasteiger partial charge on any atom is 0.0529 e. The Hall–Kier alpha value is -3.43. The van der Waals surface area contributed by atoms with Gasteiger partial charge >= 0.3 is 0 Å². The highest BCUT2D eigenvalue weighted by Crippen LogP contribution is 2.58. The van der Waals surface area contributed by atoms with Gasteiger partial charge in [0.2, 0.25) is 0 Å². The van der Waals surface area contributed by atoms with Crippen molar-refractivity contribution in [2.45, 2.75) is 11.8 Å². The standard InChI is InChI=1S/C35H25I/c36-30-19-17-24-15-16-25(21-27(24)22-30)26-18-20-32-31-13-7-8-14-33(31)35(34(32)23-26,28-9-3-1-4-10-28)29-11-5-2-6-12-29/h1-11,13-23,29H,12H2. The van der Waals surface area contributed by atoms with Crippen LogP contribution in [-0.4, -0.2) is 0 Å². The minimum absolute atomic E-state index is 0.226. The molecular weight excluding hydrogens is 547 g/mol. The Balaban J connectivity index is 1.51. The van der Waals surface area contributed by atoms with Crippen molar-refractivity contribution < 1.29 is 0 Å². The topological polar surface area (TPSA) is 0 Å². The molecule has 2 atom stereocenters. The third kappa shape index (κ3) is 3.26. The third-order valence-electron chi connectivity index (χ3n) is 7.99. The molecule has 0 bridgehead atoms. The molecule has 0 N–H and O–H groups in total. The number of halogens is 1. The van der Waals surface area contributed by atoms with E-state index in [2.05, 4.69) is 156 Å². The number of hydrogen-bond acceptors (Lipinski definition) is 0. The Bertz CT molecular complexity index is 1670. The van der Waals surface area contributed by atoms with Crippen molar-refractivity contribution in [3.8, 4) is 22.3 Å². The van der Waals surface area contributed by atoms with E-state index >= 15 is 0 Å². The Morgan fingerprint density at radius 3 is 2.22 bits per heavy atom. The lowest BCUT2D eigenvalue weighted by Gasteiger charge is -2.39. The van der Waals surface area contributed by atoms with Gasteiger partial charge in [-0.05, 0) is 109 Å². The number of rotatable bonds is 3. The molecule has 0 fully saturated rings. The average molecular weight is 572 g/mol. The molecule has 0 heterocycles. The lowest BCUT2D eigenvalue weighted by atomic mass is 9.62. The molecule has 0 nitrogen and oxygen atoms in total. The van der Waals surface area contributed by atoms with Crippen LogP contribution in [0.15, 0.2) is 133 Å². The highest BCUT2D eigenvalue weighted by atomic mass is 127. The molecule has 2 aliphatic carbocycles. The number of allylic oxidation sites excluding steroid dienone is 4. The zero-order chi connectivity index (χ0) is 24.1. The zero-order valence-corrected chi connectivity index (χ0v) is 22.0. The van der Waals surface area contributed by atoms with Gasteiger partial charge in [-0.3, -0.25) is 0 Å². The summed E-state index contributed by atoms with van der Waals surface area (Å²) in [5, 5.41) is 2.57. The predicted molar refractivity (Wildman–Crippen MR) is 160 cm³/mol. The Morgan fingerprint density at radius 2 is 1.36 bits per heavy atom. The maximum absolute atomic E-state index is 2.48. The average Bonchev–Trinajstić information content (AvgIpc) is 3.24. The van der Waals surface area contributed by atoms with Crippen molar-refractivity contribution in [1.82, 2.24) is 0 Å². The molecule has 36 heavy (non-hydrogen) atoms. The lowest BCUT2D eigenvalue weighted by Crippen LogP contribution is -2.35. The second-order valence-electron chi connectivity index (χ2n) is 9.84. The van der Waals surface area contributed by atoms with E-state index in [9.17, 15) is 0 Å². The Kier molecular flexibility index (Phi) is 5.21. The molecule has 0 radical (unpaired) electrons. The Labute approximate surface area is 226 Å². The monoisotopic (exact) mass is 572 g/mol. The molecule has 0 amide bonds. The summed E-state index contributed by atoms with van der Waals surface area (Å²) in [6, 6.07) is 40.9. The SMILES string of the molecule is Ic1ccc2ccc(-c3ccc4c(c3)C(c3ccccc3)(C3C=CC=CC3)c3ccccc3-4)cc2c1. The molecule has 5 aromatic rings. The number of fused-ring (bicyclic) bond motifs is 4. The van der Waals surface area contributed by atoms with Gasteiger partial charge in [0.05, 0.1) is 5.41 Å². The van der Waals surface area contributed by atoms with Crippen LogP contribution in [0, 0.1) is 9.49 Å². The van der Waals surface area contributed by atoms with Crippen LogP contribution in [-0.2, 0) is 5.41 Å². The third-order valence-corrected chi connectivity index (χ3v) is 8.66. The van der Waals surface area contributed by atoms with E-state index in [0.29, 0.717) is 5.92 Å². The van der Waals surface area contributed by atoms with E-state index in [1.54, 1.807) is 0 Å². The second-order valence-corrected chi connectivity index (χ2v) is 11.1. The molecule has 0 saturated carbocycles. The van der Waals surface area contributed by atoms with Crippen molar-refractivity contribution in [3.05, 3.63) is 154 Å². The first-order valence-corrected chi connectivity index (χ1v) is 13.7. The summed E-state index contributed by atoms with van der Waals surface area (Å²) < 4.78 is 1.27. The molecule has 0 saturated heterocycles. The van der Waals surface area contributed by atoms with Gasteiger partial charge < -0.3 is 0 Å². The van der Waals surface area contributed by atoms with E-state index in [4.69, 9.17) is 0 Å². The molecular formula is C35H25I. The molecule has 2 unspecified atom stereocenters. The Morgan fingerprint density at radius 1 is 0.611 bits per heavy atom. The van der Waals surface area contributed by atoms with Gasteiger partial charge in [0.25, 0.3) is 0 Å². The van der Waals surface area contributed by atoms with Gasteiger partial charge in [-0.15, -0.1) is 0 Å². The largest absolute Gasteiger partial charge is 0.0839 e. The number of benzene rings is 5. The van der Waals surface area contributed by atoms with E-state index in [1.165, 1.54) is 53.3 Å². The molecule has 172 valence electrons. The maximum atomic E-state index is 2.48. The zero-order valence-electron chi connectivity index (χ0n) is 19.9. The van der Waals surface area contributed by atoms with Crippen LogP contribution in [0.1, 0.15) is 23.1 Å². The summed E-state index contributed by atoms with van der Waals surface area (Å²) >= 11 is 2.40. The first-order valence-electron chi connectivity index (χ1n) is 12.6. The summed E-state index contributed by atoms with van der Waals surface area (Å²) in [4.78, 5) is 0. The minimum atomic E-state index is -0.226. The van der Waals surface area contributed by atoms with E-state index in [-0.39, 0.29) is 5.41 Å². The normalized spacial score (nSPS) is 19.9. The summed E-state index contributed by atoms with van der Waals surface area (Å²) in [5.41, 5.74) is 9.24. The van der Waals surface area contributed by atoms with Crippen molar-refractivity contribution in [1.29, 1.82) is 0 Å².